The second-order valence-corrected chi connectivity index (χ2v) is 10.2. The largest absolute Gasteiger partial charge is 0.480 e. The monoisotopic (exact) mass is 564 g/mol. The van der Waals surface area contributed by atoms with E-state index < -0.39 is 23.9 Å². The molecule has 1 heterocycles. The van der Waals surface area contributed by atoms with Crippen molar-refractivity contribution in [3.8, 4) is 21.9 Å². The van der Waals surface area contributed by atoms with Crippen LogP contribution in [0.4, 0.5) is 16.2 Å². The maximum atomic E-state index is 12.7. The van der Waals surface area contributed by atoms with Crippen LogP contribution >= 0.6 is 22.9 Å². The molecule has 9 nitrogen and oxygen atoms in total. The molecule has 0 radical (unpaired) electrons. The summed E-state index contributed by atoms with van der Waals surface area (Å²) in [5.74, 6) is -0.916. The van der Waals surface area contributed by atoms with Gasteiger partial charge in [-0.25, -0.2) is 14.6 Å². The number of ether oxygens (including phenoxy) is 1. The summed E-state index contributed by atoms with van der Waals surface area (Å²) in [6.07, 6.45) is 1.55. The minimum Gasteiger partial charge on any atom is -0.480 e. The number of anilines is 2. The average molecular weight is 565 g/mol. The number of carboxylic acid groups (broad SMARTS) is 1. The van der Waals surface area contributed by atoms with Gasteiger partial charge in [-0.05, 0) is 47.9 Å². The normalized spacial score (nSPS) is 11.5. The van der Waals surface area contributed by atoms with Crippen molar-refractivity contribution in [3.05, 3.63) is 89.0 Å². The third-order valence-electron chi connectivity index (χ3n) is 5.51. The van der Waals surface area contributed by atoms with Crippen LogP contribution in [0.1, 0.15) is 23.6 Å². The van der Waals surface area contributed by atoms with E-state index in [0.29, 0.717) is 27.9 Å². The van der Waals surface area contributed by atoms with Crippen LogP contribution in [0.3, 0.4) is 0 Å². The molecule has 0 saturated heterocycles. The Hall–Kier alpha value is -4.41. The van der Waals surface area contributed by atoms with Gasteiger partial charge in [0.05, 0.1) is 10.6 Å². The Morgan fingerprint density at radius 3 is 2.36 bits per heavy atom. The number of thiazole rings is 1. The summed E-state index contributed by atoms with van der Waals surface area (Å²) in [5, 5.41) is 18.0. The van der Waals surface area contributed by atoms with E-state index in [1.165, 1.54) is 0 Å². The number of aromatic nitrogens is 1. The van der Waals surface area contributed by atoms with Crippen molar-refractivity contribution in [2.75, 3.05) is 10.6 Å². The minimum atomic E-state index is -1.10. The summed E-state index contributed by atoms with van der Waals surface area (Å²) in [6.45, 7) is 3.43. The van der Waals surface area contributed by atoms with Gasteiger partial charge in [-0.1, -0.05) is 55.8 Å². The Balaban J connectivity index is 1.39. The number of rotatable bonds is 9. The van der Waals surface area contributed by atoms with Gasteiger partial charge in [0.25, 0.3) is 5.91 Å². The van der Waals surface area contributed by atoms with Crippen LogP contribution in [0.5, 0.6) is 11.5 Å². The molecule has 0 aliphatic heterocycles. The van der Waals surface area contributed by atoms with Gasteiger partial charge in [-0.15, -0.1) is 11.3 Å². The molecule has 4 N–H and O–H groups in total. The zero-order valence-electron chi connectivity index (χ0n) is 21.0. The van der Waals surface area contributed by atoms with Crippen LogP contribution in [0.25, 0.3) is 10.4 Å². The fraction of sp³-hybridized carbons (Fsp3) is 0.143. The second kappa shape index (κ2) is 12.4. The number of hydrogen-bond donors (Lipinski definition) is 4. The van der Waals surface area contributed by atoms with Crippen LogP contribution in [0.15, 0.2) is 79.0 Å². The van der Waals surface area contributed by atoms with Crippen LogP contribution in [0, 0.1) is 5.92 Å². The van der Waals surface area contributed by atoms with E-state index in [1.807, 2.05) is 18.2 Å². The molecule has 200 valence electrons. The number of hydrogen-bond acceptors (Lipinski definition) is 6. The molecule has 0 bridgehead atoms. The lowest BCUT2D eigenvalue weighted by atomic mass is 10.1. The van der Waals surface area contributed by atoms with E-state index in [2.05, 4.69) is 20.9 Å². The zero-order valence-corrected chi connectivity index (χ0v) is 22.5. The van der Waals surface area contributed by atoms with Crippen molar-refractivity contribution < 1.29 is 24.2 Å². The average Bonchev–Trinajstić information content (AvgIpc) is 3.40. The number of halogens is 1. The predicted octanol–water partition coefficient (Wildman–Crippen LogP) is 6.74. The molecule has 0 saturated carbocycles. The van der Waals surface area contributed by atoms with Gasteiger partial charge >= 0.3 is 12.0 Å². The number of carboxylic acids is 1. The fourth-order valence-corrected chi connectivity index (χ4v) is 4.52. The summed E-state index contributed by atoms with van der Waals surface area (Å²) in [6, 6.07) is 19.6. The van der Waals surface area contributed by atoms with Gasteiger partial charge in [0, 0.05) is 23.0 Å². The molecular formula is C28H25ClN4O5S. The van der Waals surface area contributed by atoms with Crippen LogP contribution in [-0.4, -0.2) is 34.0 Å². The Morgan fingerprint density at radius 1 is 0.974 bits per heavy atom. The first-order chi connectivity index (χ1) is 18.7. The molecule has 4 aromatic rings. The molecule has 0 aliphatic rings. The fourth-order valence-electron chi connectivity index (χ4n) is 3.53. The van der Waals surface area contributed by atoms with Gasteiger partial charge in [0.1, 0.15) is 11.8 Å². The molecule has 4 rings (SSSR count). The third kappa shape index (κ3) is 7.34. The molecule has 1 aromatic heterocycles. The molecule has 1 atom stereocenters. The molecule has 0 spiro atoms. The van der Waals surface area contributed by atoms with E-state index in [9.17, 15) is 19.5 Å². The summed E-state index contributed by atoms with van der Waals surface area (Å²) >= 11 is 7.27. The predicted molar refractivity (Wildman–Crippen MR) is 152 cm³/mol. The first-order valence-corrected chi connectivity index (χ1v) is 13.1. The van der Waals surface area contributed by atoms with Gasteiger partial charge in [0.2, 0.25) is 0 Å². The molecule has 3 amide bonds. The van der Waals surface area contributed by atoms with Crippen molar-refractivity contribution in [1.29, 1.82) is 0 Å². The highest BCUT2D eigenvalue weighted by Crippen LogP contribution is 2.32. The Labute approximate surface area is 233 Å². The van der Waals surface area contributed by atoms with Crippen molar-refractivity contribution in [1.82, 2.24) is 10.3 Å². The summed E-state index contributed by atoms with van der Waals surface area (Å²) < 4.78 is 5.88. The Morgan fingerprint density at radius 2 is 1.69 bits per heavy atom. The number of benzene rings is 3. The van der Waals surface area contributed by atoms with Gasteiger partial charge < -0.3 is 25.8 Å². The van der Waals surface area contributed by atoms with Crippen molar-refractivity contribution in [3.63, 3.8) is 0 Å². The Bertz CT molecular complexity index is 1480. The number of amides is 3. The Kier molecular flexibility index (Phi) is 8.80. The molecular weight excluding hydrogens is 540 g/mol. The minimum absolute atomic E-state index is 0.162. The SMILES string of the molecule is CC(C)[C@@H](NC(=O)c1ncc(-c2ccc(NC(=O)Nc3ccc(Cl)cc3Oc3ccccc3)cc2)s1)C(=O)O. The van der Waals surface area contributed by atoms with Gasteiger partial charge in [-0.2, -0.15) is 0 Å². The molecule has 0 unspecified atom stereocenters. The number of aliphatic carboxylic acids is 1. The first-order valence-electron chi connectivity index (χ1n) is 11.9. The molecule has 3 aromatic carbocycles. The summed E-state index contributed by atoms with van der Waals surface area (Å²) in [4.78, 5) is 41.4. The smallest absolute Gasteiger partial charge is 0.326 e. The third-order valence-corrected chi connectivity index (χ3v) is 6.79. The number of carbonyl (C=O) groups is 3. The highest BCUT2D eigenvalue weighted by molar-refractivity contribution is 7.17. The number of carbonyl (C=O) groups excluding carboxylic acids is 2. The van der Waals surface area contributed by atoms with Crippen molar-refractivity contribution in [2.24, 2.45) is 5.92 Å². The number of nitrogens with zero attached hydrogens (tertiary/aromatic N) is 1. The number of para-hydroxylation sites is 1. The number of nitrogens with one attached hydrogen (secondary N) is 3. The number of urea groups is 1. The van der Waals surface area contributed by atoms with Gasteiger partial charge in [-0.3, -0.25) is 4.79 Å². The highest BCUT2D eigenvalue weighted by atomic mass is 35.5. The lowest BCUT2D eigenvalue weighted by molar-refractivity contribution is -0.140. The molecule has 0 aliphatic carbocycles. The van der Waals surface area contributed by atoms with E-state index in [0.717, 1.165) is 21.8 Å². The standard InChI is InChI=1S/C28H25ClN4O5S/c1-16(2)24(27(35)36)33-25(34)26-30-15-23(39-26)17-8-11-19(12-9-17)31-28(37)32-21-13-10-18(29)14-22(21)38-20-6-4-3-5-7-20/h3-16,24H,1-2H3,(H,33,34)(H,35,36)(H2,31,32,37)/t24-/m1/s1. The van der Waals surface area contributed by atoms with Crippen molar-refractivity contribution >= 4 is 52.2 Å². The van der Waals surface area contributed by atoms with Crippen LogP contribution in [-0.2, 0) is 4.79 Å². The maximum Gasteiger partial charge on any atom is 0.326 e. The summed E-state index contributed by atoms with van der Waals surface area (Å²) in [7, 11) is 0. The molecule has 0 fully saturated rings. The van der Waals surface area contributed by atoms with Gasteiger partial charge in [0.15, 0.2) is 10.8 Å². The van der Waals surface area contributed by atoms with Crippen LogP contribution < -0.4 is 20.7 Å². The second-order valence-electron chi connectivity index (χ2n) is 8.78. The maximum absolute atomic E-state index is 12.7. The lowest BCUT2D eigenvalue weighted by Gasteiger charge is -2.16. The quantitative estimate of drug-likeness (QED) is 0.178. The molecule has 11 heteroatoms. The van der Waals surface area contributed by atoms with Crippen LogP contribution in [0.2, 0.25) is 5.02 Å². The lowest BCUT2D eigenvalue weighted by Crippen LogP contribution is -2.44. The highest BCUT2D eigenvalue weighted by Gasteiger charge is 2.25. The van der Waals surface area contributed by atoms with E-state index in [1.54, 1.807) is 74.6 Å². The van der Waals surface area contributed by atoms with E-state index in [4.69, 9.17) is 16.3 Å². The van der Waals surface area contributed by atoms with E-state index in [-0.39, 0.29) is 10.9 Å². The first kappa shape index (κ1) is 27.6. The van der Waals surface area contributed by atoms with E-state index >= 15 is 0 Å². The summed E-state index contributed by atoms with van der Waals surface area (Å²) in [5.41, 5.74) is 1.77. The molecule has 39 heavy (non-hydrogen) atoms. The topological polar surface area (TPSA) is 130 Å². The van der Waals surface area contributed by atoms with Crippen molar-refractivity contribution in [2.45, 2.75) is 19.9 Å². The zero-order chi connectivity index (χ0) is 27.9.